The fraction of sp³-hybridized carbons (Fsp3) is 0.333. The van der Waals surface area contributed by atoms with Crippen molar-refractivity contribution in [2.24, 2.45) is 0 Å². The highest BCUT2D eigenvalue weighted by atomic mass is 19.1. The number of hydrogen-bond acceptors (Lipinski definition) is 4. The minimum absolute atomic E-state index is 0.123. The molecule has 18 heavy (non-hydrogen) atoms. The third-order valence-electron chi connectivity index (χ3n) is 2.55. The van der Waals surface area contributed by atoms with Gasteiger partial charge in [-0.2, -0.15) is 0 Å². The first-order valence-electron chi connectivity index (χ1n) is 5.55. The second-order valence-corrected chi connectivity index (χ2v) is 3.95. The van der Waals surface area contributed by atoms with Gasteiger partial charge in [0, 0.05) is 12.6 Å². The van der Waals surface area contributed by atoms with Gasteiger partial charge in [-0.25, -0.2) is 8.78 Å². The highest BCUT2D eigenvalue weighted by Crippen LogP contribution is 2.24. The van der Waals surface area contributed by atoms with E-state index in [0.717, 1.165) is 6.39 Å². The fourth-order valence-electron chi connectivity index (χ4n) is 1.58. The number of alkyl halides is 1. The van der Waals surface area contributed by atoms with Gasteiger partial charge in [-0.1, -0.05) is 12.1 Å². The molecule has 1 aromatic carbocycles. The minimum atomic E-state index is -0.481. The van der Waals surface area contributed by atoms with E-state index < -0.39 is 12.5 Å². The maximum Gasteiger partial charge on any atom is 0.250 e. The highest BCUT2D eigenvalue weighted by Gasteiger charge is 2.15. The van der Waals surface area contributed by atoms with Gasteiger partial charge in [0.15, 0.2) is 0 Å². The first-order chi connectivity index (χ1) is 8.72. The molecule has 6 heteroatoms. The molecule has 2 aromatic rings. The summed E-state index contributed by atoms with van der Waals surface area (Å²) in [4.78, 5) is 0. The summed E-state index contributed by atoms with van der Waals surface area (Å²) in [5, 5.41) is 10.2. The molecule has 0 aliphatic rings. The molecular weight excluding hydrogens is 240 g/mol. The van der Waals surface area contributed by atoms with Crippen molar-refractivity contribution >= 4 is 0 Å². The lowest BCUT2D eigenvalue weighted by Gasteiger charge is -2.12. The molecule has 1 heterocycles. The van der Waals surface area contributed by atoms with Crippen molar-refractivity contribution in [1.82, 2.24) is 15.5 Å². The Balaban J connectivity index is 2.27. The summed E-state index contributed by atoms with van der Waals surface area (Å²) in [6, 6.07) is 4.36. The van der Waals surface area contributed by atoms with Crippen LogP contribution in [0, 0.1) is 5.82 Å². The van der Waals surface area contributed by atoms with E-state index in [1.54, 1.807) is 19.1 Å². The fourth-order valence-corrected chi connectivity index (χ4v) is 1.58. The van der Waals surface area contributed by atoms with E-state index >= 15 is 0 Å². The molecule has 4 nitrogen and oxygen atoms in total. The average molecular weight is 253 g/mol. The Morgan fingerprint density at radius 2 is 2.28 bits per heavy atom. The lowest BCUT2D eigenvalue weighted by atomic mass is 10.1. The normalized spacial score (nSPS) is 12.6. The molecule has 0 bridgehead atoms. The van der Waals surface area contributed by atoms with E-state index in [1.165, 1.54) is 6.07 Å². The summed E-state index contributed by atoms with van der Waals surface area (Å²) in [7, 11) is 0. The Morgan fingerprint density at radius 1 is 1.44 bits per heavy atom. The third-order valence-corrected chi connectivity index (χ3v) is 2.55. The van der Waals surface area contributed by atoms with Crippen LogP contribution in [0.3, 0.4) is 0 Å². The van der Waals surface area contributed by atoms with Crippen LogP contribution in [-0.2, 0) is 6.54 Å². The molecule has 0 radical (unpaired) electrons. The summed E-state index contributed by atoms with van der Waals surface area (Å²) in [5.74, 6) is -0.316. The van der Waals surface area contributed by atoms with E-state index in [2.05, 4.69) is 15.5 Å². The Bertz CT molecular complexity index is 502. The van der Waals surface area contributed by atoms with Gasteiger partial charge in [-0.15, -0.1) is 10.2 Å². The van der Waals surface area contributed by atoms with Gasteiger partial charge < -0.3 is 9.73 Å². The molecule has 1 N–H and O–H groups in total. The molecule has 0 aliphatic carbocycles. The molecule has 0 spiro atoms. The molecule has 0 saturated carbocycles. The molecule has 1 atom stereocenters. The van der Waals surface area contributed by atoms with Gasteiger partial charge in [-0.05, 0) is 18.6 Å². The maximum absolute atomic E-state index is 13.8. The molecule has 0 saturated heterocycles. The Kier molecular flexibility index (Phi) is 3.99. The van der Waals surface area contributed by atoms with Crippen LogP contribution < -0.4 is 5.32 Å². The Hall–Kier alpha value is -1.82. The molecule has 0 aliphatic heterocycles. The zero-order chi connectivity index (χ0) is 13.0. The van der Waals surface area contributed by atoms with Crippen LogP contribution in [-0.4, -0.2) is 22.9 Å². The van der Waals surface area contributed by atoms with Crippen LogP contribution >= 0.6 is 0 Å². The number of nitrogens with one attached hydrogen (secondary N) is 1. The van der Waals surface area contributed by atoms with Crippen LogP contribution in [0.5, 0.6) is 0 Å². The Labute approximate surface area is 103 Å². The van der Waals surface area contributed by atoms with Crippen molar-refractivity contribution in [2.45, 2.75) is 19.5 Å². The maximum atomic E-state index is 13.8. The second kappa shape index (κ2) is 5.68. The molecule has 0 amide bonds. The van der Waals surface area contributed by atoms with Gasteiger partial charge in [0.25, 0.3) is 5.89 Å². The number of nitrogens with zero attached hydrogens (tertiary/aromatic N) is 2. The first kappa shape index (κ1) is 12.6. The molecule has 1 unspecified atom stereocenters. The van der Waals surface area contributed by atoms with Crippen molar-refractivity contribution < 1.29 is 13.2 Å². The van der Waals surface area contributed by atoms with Crippen molar-refractivity contribution in [1.29, 1.82) is 0 Å². The van der Waals surface area contributed by atoms with Gasteiger partial charge in [-0.3, -0.25) is 0 Å². The number of rotatable bonds is 5. The number of aromatic nitrogens is 2. The van der Waals surface area contributed by atoms with E-state index in [9.17, 15) is 8.78 Å². The van der Waals surface area contributed by atoms with Crippen molar-refractivity contribution in [3.63, 3.8) is 0 Å². The van der Waals surface area contributed by atoms with E-state index in [4.69, 9.17) is 4.42 Å². The predicted octanol–water partition coefficient (Wildman–Crippen LogP) is 2.32. The lowest BCUT2D eigenvalue weighted by molar-refractivity contribution is 0.391. The summed E-state index contributed by atoms with van der Waals surface area (Å²) in [6.07, 6.45) is 1.14. The number of halogens is 2. The van der Waals surface area contributed by atoms with Crippen LogP contribution in [0.1, 0.15) is 12.5 Å². The summed E-state index contributed by atoms with van der Waals surface area (Å²) < 4.78 is 31.2. The van der Waals surface area contributed by atoms with Crippen LogP contribution in [0.2, 0.25) is 0 Å². The van der Waals surface area contributed by atoms with Gasteiger partial charge in [0.1, 0.15) is 12.5 Å². The van der Waals surface area contributed by atoms with Crippen LogP contribution in [0.15, 0.2) is 29.0 Å². The largest absolute Gasteiger partial charge is 0.423 e. The number of benzene rings is 1. The molecule has 1 aromatic heterocycles. The highest BCUT2D eigenvalue weighted by molar-refractivity contribution is 5.59. The van der Waals surface area contributed by atoms with Gasteiger partial charge in [0.05, 0.1) is 5.56 Å². The Morgan fingerprint density at radius 3 is 2.94 bits per heavy atom. The zero-order valence-electron chi connectivity index (χ0n) is 9.86. The lowest BCUT2D eigenvalue weighted by Crippen LogP contribution is -2.27. The van der Waals surface area contributed by atoms with Crippen molar-refractivity contribution in [3.8, 4) is 11.5 Å². The van der Waals surface area contributed by atoms with E-state index in [-0.39, 0.29) is 17.5 Å². The smallest absolute Gasteiger partial charge is 0.250 e. The van der Waals surface area contributed by atoms with Crippen molar-refractivity contribution in [2.75, 3.05) is 6.67 Å². The second-order valence-electron chi connectivity index (χ2n) is 3.95. The van der Waals surface area contributed by atoms with Crippen molar-refractivity contribution in [3.05, 3.63) is 36.0 Å². The van der Waals surface area contributed by atoms with Gasteiger partial charge in [0.2, 0.25) is 6.39 Å². The SMILES string of the molecule is CC(CF)NCc1cccc(F)c1-c1nnco1. The predicted molar refractivity (Wildman–Crippen MR) is 62.0 cm³/mol. The summed E-state index contributed by atoms with van der Waals surface area (Å²) in [5.41, 5.74) is 0.910. The summed E-state index contributed by atoms with van der Waals surface area (Å²) in [6.45, 7) is 1.57. The molecule has 0 fully saturated rings. The first-order valence-corrected chi connectivity index (χ1v) is 5.55. The minimum Gasteiger partial charge on any atom is -0.423 e. The molecular formula is C12H13F2N3O. The third kappa shape index (κ3) is 2.70. The topological polar surface area (TPSA) is 51.0 Å². The van der Waals surface area contributed by atoms with Crippen LogP contribution in [0.4, 0.5) is 8.78 Å². The summed E-state index contributed by atoms with van der Waals surface area (Å²) >= 11 is 0. The standard InChI is InChI=1S/C12H13F2N3O/c1-8(5-13)15-6-9-3-2-4-10(14)11(9)12-17-16-7-18-12/h2-4,7-8,15H,5-6H2,1H3. The monoisotopic (exact) mass is 253 g/mol. The van der Waals surface area contributed by atoms with Crippen LogP contribution in [0.25, 0.3) is 11.5 Å². The zero-order valence-corrected chi connectivity index (χ0v) is 9.86. The molecule has 96 valence electrons. The number of hydrogen-bond donors (Lipinski definition) is 1. The molecule has 2 rings (SSSR count). The quantitative estimate of drug-likeness (QED) is 0.888. The van der Waals surface area contributed by atoms with E-state index in [1.807, 2.05) is 0 Å². The van der Waals surface area contributed by atoms with E-state index in [0.29, 0.717) is 12.1 Å². The average Bonchev–Trinajstić information content (AvgIpc) is 2.89. The van der Waals surface area contributed by atoms with Gasteiger partial charge >= 0.3 is 0 Å².